The highest BCUT2D eigenvalue weighted by molar-refractivity contribution is 6.00. The molecular weight excluding hydrogens is 380 g/mol. The second-order valence-corrected chi connectivity index (χ2v) is 8.12. The van der Waals surface area contributed by atoms with E-state index in [-0.39, 0.29) is 5.91 Å². The van der Waals surface area contributed by atoms with Crippen molar-refractivity contribution >= 4 is 28.4 Å². The van der Waals surface area contributed by atoms with Gasteiger partial charge in [-0.05, 0) is 56.7 Å². The van der Waals surface area contributed by atoms with Gasteiger partial charge in [-0.15, -0.1) is 0 Å². The first-order valence-corrected chi connectivity index (χ1v) is 10.8. The molecule has 2 aliphatic rings. The van der Waals surface area contributed by atoms with E-state index in [1.807, 2.05) is 18.2 Å². The topological polar surface area (TPSA) is 71.2 Å². The van der Waals surface area contributed by atoms with Crippen LogP contribution in [0.25, 0.3) is 11.0 Å². The molecule has 0 bridgehead atoms. The second-order valence-electron chi connectivity index (χ2n) is 8.12. The summed E-state index contributed by atoms with van der Waals surface area (Å²) in [5.74, 6) is 1.48. The number of hydrogen-bond donors (Lipinski definition) is 0. The maximum absolute atomic E-state index is 11.7. The maximum atomic E-state index is 11.7. The highest BCUT2D eigenvalue weighted by atomic mass is 16.5. The van der Waals surface area contributed by atoms with Crippen LogP contribution in [0, 0.1) is 5.92 Å². The second kappa shape index (κ2) is 9.89. The van der Waals surface area contributed by atoms with Crippen molar-refractivity contribution in [3.8, 4) is 0 Å². The van der Waals surface area contributed by atoms with Gasteiger partial charge in [-0.25, -0.2) is 4.99 Å². The Morgan fingerprint density at radius 2 is 2.00 bits per heavy atom. The zero-order valence-electron chi connectivity index (χ0n) is 17.6. The van der Waals surface area contributed by atoms with E-state index in [1.165, 1.54) is 25.9 Å². The van der Waals surface area contributed by atoms with Crippen molar-refractivity contribution in [1.82, 2.24) is 10.1 Å². The van der Waals surface area contributed by atoms with Crippen LogP contribution in [0.5, 0.6) is 0 Å². The smallest absolute Gasteiger partial charge is 0.272 e. The zero-order chi connectivity index (χ0) is 20.8. The normalized spacial score (nSPS) is 20.8. The van der Waals surface area contributed by atoms with Gasteiger partial charge in [0.2, 0.25) is 0 Å². The number of fused-ring (bicyclic) bond motifs is 1. The van der Waals surface area contributed by atoms with Crippen molar-refractivity contribution in [2.24, 2.45) is 10.9 Å². The standard InChI is InChI=1S/C23H30N4O3/c1-29-17-11-22(28)24-19-8-6-18(7-9-19)10-12-26-13-15-27(16-14-26)23-20-4-2-3-5-21(20)30-25-23/h2-5,11,17-18H,6-10,12-16H2,1H3/b17-11+,24-19?. The van der Waals surface area contributed by atoms with Gasteiger partial charge >= 0.3 is 0 Å². The molecule has 0 unspecified atom stereocenters. The van der Waals surface area contributed by atoms with E-state index in [9.17, 15) is 4.79 Å². The average molecular weight is 411 g/mol. The molecular formula is C23H30N4O3. The van der Waals surface area contributed by atoms with Crippen LogP contribution in [0.2, 0.25) is 0 Å². The summed E-state index contributed by atoms with van der Waals surface area (Å²) in [6.07, 6.45) is 8.10. The predicted molar refractivity (Wildman–Crippen MR) is 118 cm³/mol. The van der Waals surface area contributed by atoms with Crippen molar-refractivity contribution in [3.05, 3.63) is 36.6 Å². The lowest BCUT2D eigenvalue weighted by Crippen LogP contribution is -2.47. The Bertz CT molecular complexity index is 902. The van der Waals surface area contributed by atoms with Crippen LogP contribution in [-0.4, -0.2) is 61.5 Å². The molecule has 30 heavy (non-hydrogen) atoms. The number of amides is 1. The van der Waals surface area contributed by atoms with E-state index >= 15 is 0 Å². The van der Waals surface area contributed by atoms with Gasteiger partial charge < -0.3 is 14.2 Å². The van der Waals surface area contributed by atoms with Crippen molar-refractivity contribution in [2.75, 3.05) is 44.7 Å². The van der Waals surface area contributed by atoms with Crippen LogP contribution in [0.4, 0.5) is 5.82 Å². The summed E-state index contributed by atoms with van der Waals surface area (Å²) < 4.78 is 10.2. The van der Waals surface area contributed by atoms with Crippen LogP contribution in [0.1, 0.15) is 32.1 Å². The number of ether oxygens (including phenoxy) is 1. The van der Waals surface area contributed by atoms with Crippen LogP contribution in [0.15, 0.2) is 46.1 Å². The molecule has 1 saturated carbocycles. The summed E-state index contributed by atoms with van der Waals surface area (Å²) in [6, 6.07) is 8.06. The Morgan fingerprint density at radius 1 is 1.23 bits per heavy atom. The largest absolute Gasteiger partial charge is 0.504 e. The zero-order valence-corrected chi connectivity index (χ0v) is 17.6. The molecule has 1 aromatic heterocycles. The summed E-state index contributed by atoms with van der Waals surface area (Å²) >= 11 is 0. The molecule has 0 atom stereocenters. The number of aliphatic imine (C=N–C) groups is 1. The van der Waals surface area contributed by atoms with Crippen molar-refractivity contribution in [1.29, 1.82) is 0 Å². The number of piperazine rings is 1. The van der Waals surface area contributed by atoms with Crippen LogP contribution >= 0.6 is 0 Å². The molecule has 2 fully saturated rings. The number of aromatic nitrogens is 1. The van der Waals surface area contributed by atoms with Gasteiger partial charge in [0.1, 0.15) is 0 Å². The summed E-state index contributed by atoms with van der Waals surface area (Å²) in [5.41, 5.74) is 1.89. The molecule has 4 rings (SSSR count). The minimum absolute atomic E-state index is 0.219. The molecule has 0 spiro atoms. The Balaban J connectivity index is 1.19. The number of nitrogens with zero attached hydrogens (tertiary/aromatic N) is 4. The SMILES string of the molecule is CO/C=C/C(=O)N=C1CCC(CCN2CCN(c3noc4ccccc34)CC2)CC1. The number of methoxy groups -OCH3 is 1. The van der Waals surface area contributed by atoms with E-state index in [2.05, 4.69) is 26.0 Å². The lowest BCUT2D eigenvalue weighted by atomic mass is 9.85. The summed E-state index contributed by atoms with van der Waals surface area (Å²) in [7, 11) is 1.53. The molecule has 160 valence electrons. The number of para-hydroxylation sites is 1. The van der Waals surface area contributed by atoms with Gasteiger partial charge in [-0.1, -0.05) is 17.3 Å². The third kappa shape index (κ3) is 5.08. The fraction of sp³-hybridized carbons (Fsp3) is 0.522. The van der Waals surface area contributed by atoms with Crippen LogP contribution in [-0.2, 0) is 9.53 Å². The highest BCUT2D eigenvalue weighted by Crippen LogP contribution is 2.28. The monoisotopic (exact) mass is 410 g/mol. The predicted octanol–water partition coefficient (Wildman–Crippen LogP) is 3.66. The molecule has 7 heteroatoms. The average Bonchev–Trinajstić information content (AvgIpc) is 3.22. The molecule has 0 N–H and O–H groups in total. The lowest BCUT2D eigenvalue weighted by molar-refractivity contribution is -0.113. The van der Waals surface area contributed by atoms with E-state index in [4.69, 9.17) is 9.26 Å². The maximum Gasteiger partial charge on any atom is 0.272 e. The minimum Gasteiger partial charge on any atom is -0.504 e. The van der Waals surface area contributed by atoms with Crippen LogP contribution < -0.4 is 4.90 Å². The molecule has 7 nitrogen and oxygen atoms in total. The number of benzene rings is 1. The van der Waals surface area contributed by atoms with E-state index < -0.39 is 0 Å². The summed E-state index contributed by atoms with van der Waals surface area (Å²) in [4.78, 5) is 20.8. The van der Waals surface area contributed by atoms with Crippen molar-refractivity contribution < 1.29 is 14.1 Å². The van der Waals surface area contributed by atoms with Gasteiger partial charge in [0, 0.05) is 38.0 Å². The number of carbonyl (C=O) groups excluding carboxylic acids is 1. The molecule has 1 aromatic carbocycles. The number of carbonyl (C=O) groups is 1. The van der Waals surface area contributed by atoms with Gasteiger partial charge in [-0.2, -0.15) is 0 Å². The Labute approximate surface area is 177 Å². The first kappa shape index (κ1) is 20.6. The Hall–Kier alpha value is -2.67. The molecule has 0 radical (unpaired) electrons. The van der Waals surface area contributed by atoms with E-state index in [0.29, 0.717) is 0 Å². The third-order valence-electron chi connectivity index (χ3n) is 6.18. The van der Waals surface area contributed by atoms with Gasteiger partial charge in [-0.3, -0.25) is 9.69 Å². The van der Waals surface area contributed by atoms with E-state index in [1.54, 1.807) is 0 Å². The summed E-state index contributed by atoms with van der Waals surface area (Å²) in [5, 5.41) is 5.39. The molecule has 2 heterocycles. The van der Waals surface area contributed by atoms with Crippen LogP contribution in [0.3, 0.4) is 0 Å². The lowest BCUT2D eigenvalue weighted by Gasteiger charge is -2.35. The van der Waals surface area contributed by atoms with Gasteiger partial charge in [0.05, 0.1) is 18.8 Å². The number of rotatable bonds is 6. The Kier molecular flexibility index (Phi) is 6.79. The Morgan fingerprint density at radius 3 is 2.77 bits per heavy atom. The number of anilines is 1. The van der Waals surface area contributed by atoms with Crippen molar-refractivity contribution in [3.63, 3.8) is 0 Å². The highest BCUT2D eigenvalue weighted by Gasteiger charge is 2.23. The molecule has 1 aliphatic carbocycles. The molecule has 1 saturated heterocycles. The third-order valence-corrected chi connectivity index (χ3v) is 6.18. The van der Waals surface area contributed by atoms with E-state index in [0.717, 1.165) is 86.8 Å². The van der Waals surface area contributed by atoms with Gasteiger partial charge in [0.15, 0.2) is 11.4 Å². The van der Waals surface area contributed by atoms with Gasteiger partial charge in [0.25, 0.3) is 5.91 Å². The molecule has 1 amide bonds. The molecule has 2 aromatic rings. The first-order valence-electron chi connectivity index (χ1n) is 10.8. The molecule has 1 aliphatic heterocycles. The summed E-state index contributed by atoms with van der Waals surface area (Å²) in [6.45, 7) is 5.21. The first-order chi connectivity index (χ1) is 14.7. The minimum atomic E-state index is -0.219. The fourth-order valence-electron chi connectivity index (χ4n) is 4.38. The fourth-order valence-corrected chi connectivity index (χ4v) is 4.38. The van der Waals surface area contributed by atoms with Crippen molar-refractivity contribution in [2.45, 2.75) is 32.1 Å². The number of hydrogen-bond acceptors (Lipinski definition) is 6. The quantitative estimate of drug-likeness (QED) is 0.535.